The number of rotatable bonds is 5. The first-order valence-electron chi connectivity index (χ1n) is 10.2. The van der Waals surface area contributed by atoms with Gasteiger partial charge in [-0.15, -0.1) is 0 Å². The molecule has 0 aliphatic carbocycles. The molecule has 1 amide bonds. The van der Waals surface area contributed by atoms with Gasteiger partial charge in [-0.25, -0.2) is 15.0 Å². The Labute approximate surface area is 188 Å². The van der Waals surface area contributed by atoms with Gasteiger partial charge in [-0.2, -0.15) is 0 Å². The first-order valence-corrected chi connectivity index (χ1v) is 10.2. The molecule has 0 aliphatic rings. The highest BCUT2D eigenvalue weighted by molar-refractivity contribution is 5.98. The average molecular weight is 437 g/mol. The maximum absolute atomic E-state index is 13.0. The van der Waals surface area contributed by atoms with Crippen LogP contribution in [0.4, 0.5) is 5.82 Å². The second-order valence-corrected chi connectivity index (χ2v) is 7.39. The Morgan fingerprint density at radius 3 is 2.79 bits per heavy atom. The van der Waals surface area contributed by atoms with Crippen molar-refractivity contribution in [1.29, 1.82) is 0 Å². The number of amides is 1. The van der Waals surface area contributed by atoms with Crippen molar-refractivity contribution in [3.05, 3.63) is 84.3 Å². The molecule has 33 heavy (non-hydrogen) atoms. The molecule has 9 heteroatoms. The fourth-order valence-electron chi connectivity index (χ4n) is 3.49. The van der Waals surface area contributed by atoms with E-state index in [1.165, 1.54) is 12.5 Å². The van der Waals surface area contributed by atoms with Crippen LogP contribution in [0.2, 0.25) is 0 Å². The summed E-state index contributed by atoms with van der Waals surface area (Å²) in [5.74, 6) is -0.188. The van der Waals surface area contributed by atoms with Crippen molar-refractivity contribution in [3.63, 3.8) is 0 Å². The number of fused-ring (bicyclic) bond motifs is 1. The van der Waals surface area contributed by atoms with E-state index in [2.05, 4.69) is 30.2 Å². The lowest BCUT2D eigenvalue weighted by Gasteiger charge is -2.12. The van der Waals surface area contributed by atoms with E-state index >= 15 is 0 Å². The van der Waals surface area contributed by atoms with E-state index in [-0.39, 0.29) is 17.4 Å². The summed E-state index contributed by atoms with van der Waals surface area (Å²) in [6, 6.07) is 11.3. The summed E-state index contributed by atoms with van der Waals surface area (Å²) < 4.78 is 5.46. The standard InChI is InChI=1S/C24H19N7O2/c1-14-12-26-8-6-17(14)13-29-23(32)21-22(25)31-20(24-28-9-10-33-24)19(30-21)16-4-5-18-15(11-16)3-2-7-27-18/h2-12H,13H2,1H3,(H2,25,31)(H,29,32). The van der Waals surface area contributed by atoms with Gasteiger partial charge < -0.3 is 15.5 Å². The number of hydrogen-bond acceptors (Lipinski definition) is 8. The quantitative estimate of drug-likeness (QED) is 0.426. The summed E-state index contributed by atoms with van der Waals surface area (Å²) >= 11 is 0. The van der Waals surface area contributed by atoms with Gasteiger partial charge in [-0.3, -0.25) is 14.8 Å². The number of carbonyl (C=O) groups excluding carboxylic acids is 1. The molecule has 0 radical (unpaired) electrons. The van der Waals surface area contributed by atoms with Crippen LogP contribution < -0.4 is 11.1 Å². The third kappa shape index (κ3) is 3.99. The minimum atomic E-state index is -0.432. The lowest BCUT2D eigenvalue weighted by Crippen LogP contribution is -2.26. The first-order chi connectivity index (χ1) is 16.1. The summed E-state index contributed by atoms with van der Waals surface area (Å²) in [5, 5.41) is 3.78. The number of nitrogens with two attached hydrogens (primary N) is 1. The number of pyridine rings is 2. The third-order valence-corrected chi connectivity index (χ3v) is 5.23. The number of benzene rings is 1. The van der Waals surface area contributed by atoms with E-state index in [0.717, 1.165) is 27.6 Å². The highest BCUT2D eigenvalue weighted by Crippen LogP contribution is 2.31. The van der Waals surface area contributed by atoms with Crippen molar-refractivity contribution in [1.82, 2.24) is 30.2 Å². The number of nitrogens with zero attached hydrogens (tertiary/aromatic N) is 5. The van der Waals surface area contributed by atoms with Crippen LogP contribution in [0.5, 0.6) is 0 Å². The van der Waals surface area contributed by atoms with Crippen LogP contribution in [0, 0.1) is 6.92 Å². The molecule has 0 aliphatic heterocycles. The SMILES string of the molecule is Cc1cnccc1CNC(=O)c1nc(-c2ccc3ncccc3c2)c(-c2ncco2)nc1N. The van der Waals surface area contributed by atoms with Gasteiger partial charge in [0.05, 0.1) is 11.7 Å². The van der Waals surface area contributed by atoms with Crippen LogP contribution in [0.25, 0.3) is 33.7 Å². The van der Waals surface area contributed by atoms with Gasteiger partial charge in [-0.05, 0) is 42.3 Å². The average Bonchev–Trinajstić information content (AvgIpc) is 3.38. The molecule has 3 N–H and O–H groups in total. The van der Waals surface area contributed by atoms with Crippen LogP contribution in [-0.2, 0) is 6.54 Å². The molecule has 0 atom stereocenters. The molecular weight excluding hydrogens is 418 g/mol. The maximum atomic E-state index is 13.0. The van der Waals surface area contributed by atoms with Crippen molar-refractivity contribution in [3.8, 4) is 22.8 Å². The second-order valence-electron chi connectivity index (χ2n) is 7.39. The van der Waals surface area contributed by atoms with Crippen molar-refractivity contribution < 1.29 is 9.21 Å². The maximum Gasteiger partial charge on any atom is 0.274 e. The summed E-state index contributed by atoms with van der Waals surface area (Å²) in [5.41, 5.74) is 10.4. The Kier molecular flexibility index (Phi) is 5.19. The summed E-state index contributed by atoms with van der Waals surface area (Å²) in [4.78, 5) is 34.6. The van der Waals surface area contributed by atoms with Crippen LogP contribution >= 0.6 is 0 Å². The van der Waals surface area contributed by atoms with Gasteiger partial charge in [0.25, 0.3) is 5.91 Å². The van der Waals surface area contributed by atoms with Gasteiger partial charge in [0.1, 0.15) is 12.0 Å². The molecule has 1 aromatic carbocycles. The smallest absolute Gasteiger partial charge is 0.274 e. The molecule has 0 bridgehead atoms. The molecule has 9 nitrogen and oxygen atoms in total. The Morgan fingerprint density at radius 2 is 1.97 bits per heavy atom. The van der Waals surface area contributed by atoms with Crippen molar-refractivity contribution >= 4 is 22.6 Å². The van der Waals surface area contributed by atoms with E-state index in [4.69, 9.17) is 10.2 Å². The Bertz CT molecular complexity index is 1470. The molecule has 0 fully saturated rings. The van der Waals surface area contributed by atoms with E-state index < -0.39 is 5.91 Å². The Morgan fingerprint density at radius 1 is 1.06 bits per heavy atom. The van der Waals surface area contributed by atoms with Crippen LogP contribution in [0.15, 0.2) is 71.9 Å². The number of carbonyl (C=O) groups is 1. The fourth-order valence-corrected chi connectivity index (χ4v) is 3.49. The number of anilines is 1. The van der Waals surface area contributed by atoms with Gasteiger partial charge in [0.15, 0.2) is 17.2 Å². The fraction of sp³-hybridized carbons (Fsp3) is 0.0833. The van der Waals surface area contributed by atoms with Gasteiger partial charge in [0.2, 0.25) is 5.89 Å². The first kappa shape index (κ1) is 20.3. The zero-order valence-corrected chi connectivity index (χ0v) is 17.7. The minimum absolute atomic E-state index is 0.0154. The zero-order chi connectivity index (χ0) is 22.8. The topological polar surface area (TPSA) is 133 Å². The predicted octanol–water partition coefficient (Wildman–Crippen LogP) is 3.56. The molecule has 0 unspecified atom stereocenters. The van der Waals surface area contributed by atoms with Crippen molar-refractivity contribution in [2.45, 2.75) is 13.5 Å². The lowest BCUT2D eigenvalue weighted by molar-refractivity contribution is 0.0946. The largest absolute Gasteiger partial charge is 0.443 e. The zero-order valence-electron chi connectivity index (χ0n) is 17.7. The second kappa shape index (κ2) is 8.46. The summed E-state index contributed by atoms with van der Waals surface area (Å²) in [6.07, 6.45) is 8.11. The molecule has 5 rings (SSSR count). The lowest BCUT2D eigenvalue weighted by atomic mass is 10.1. The number of aromatic nitrogens is 5. The van der Waals surface area contributed by atoms with E-state index in [1.54, 1.807) is 18.6 Å². The molecule has 0 saturated carbocycles. The summed E-state index contributed by atoms with van der Waals surface area (Å²) in [6.45, 7) is 2.24. The van der Waals surface area contributed by atoms with E-state index in [1.807, 2.05) is 43.3 Å². The Balaban J connectivity index is 1.57. The van der Waals surface area contributed by atoms with Gasteiger partial charge >= 0.3 is 0 Å². The predicted molar refractivity (Wildman–Crippen MR) is 123 cm³/mol. The third-order valence-electron chi connectivity index (χ3n) is 5.23. The highest BCUT2D eigenvalue weighted by atomic mass is 16.3. The van der Waals surface area contributed by atoms with E-state index in [0.29, 0.717) is 17.9 Å². The molecular formula is C24H19N7O2. The number of oxazole rings is 1. The molecule has 0 saturated heterocycles. The van der Waals surface area contributed by atoms with Crippen molar-refractivity contribution in [2.75, 3.05) is 5.73 Å². The summed E-state index contributed by atoms with van der Waals surface area (Å²) in [7, 11) is 0. The highest BCUT2D eigenvalue weighted by Gasteiger charge is 2.22. The van der Waals surface area contributed by atoms with Gasteiger partial charge in [0, 0.05) is 36.1 Å². The molecule has 4 heterocycles. The number of aryl methyl sites for hydroxylation is 1. The monoisotopic (exact) mass is 437 g/mol. The Hall–Kier alpha value is -4.66. The minimum Gasteiger partial charge on any atom is -0.443 e. The van der Waals surface area contributed by atoms with E-state index in [9.17, 15) is 4.79 Å². The number of nitrogens with one attached hydrogen (secondary N) is 1. The molecule has 4 aromatic heterocycles. The van der Waals surface area contributed by atoms with Crippen LogP contribution in [-0.4, -0.2) is 30.8 Å². The molecule has 162 valence electrons. The van der Waals surface area contributed by atoms with Crippen LogP contribution in [0.1, 0.15) is 21.6 Å². The number of nitrogen functional groups attached to an aromatic ring is 1. The normalized spacial score (nSPS) is 10.9. The molecule has 5 aromatic rings. The van der Waals surface area contributed by atoms with Crippen molar-refractivity contribution in [2.24, 2.45) is 0 Å². The molecule has 0 spiro atoms. The van der Waals surface area contributed by atoms with Gasteiger partial charge in [-0.1, -0.05) is 12.1 Å². The van der Waals surface area contributed by atoms with Crippen LogP contribution in [0.3, 0.4) is 0 Å². The number of hydrogen-bond donors (Lipinski definition) is 2.